The number of hydrogen-bond acceptors (Lipinski definition) is 3. The van der Waals surface area contributed by atoms with Gasteiger partial charge in [-0.05, 0) is 24.3 Å². The highest BCUT2D eigenvalue weighted by Gasteiger charge is 2.25. The number of para-hydroxylation sites is 1. The summed E-state index contributed by atoms with van der Waals surface area (Å²) in [4.78, 5) is 12.1. The van der Waals surface area contributed by atoms with Gasteiger partial charge in [0.2, 0.25) is 5.91 Å². The Morgan fingerprint density at radius 2 is 2.35 bits per heavy atom. The molecule has 1 aromatic carbocycles. The molecule has 1 heterocycles. The first kappa shape index (κ1) is 12.3. The fourth-order valence-electron chi connectivity index (χ4n) is 2.14. The number of anilines is 1. The predicted molar refractivity (Wildman–Crippen MR) is 73.7 cm³/mol. The maximum absolute atomic E-state index is 12.1. The van der Waals surface area contributed by atoms with Crippen molar-refractivity contribution >= 4 is 23.4 Å². The van der Waals surface area contributed by atoms with Crippen LogP contribution < -0.4 is 10.6 Å². The monoisotopic (exact) mass is 250 g/mol. The first-order valence-corrected chi connectivity index (χ1v) is 7.31. The van der Waals surface area contributed by atoms with E-state index in [-0.39, 0.29) is 11.8 Å². The van der Waals surface area contributed by atoms with Gasteiger partial charge in [-0.3, -0.25) is 4.79 Å². The van der Waals surface area contributed by atoms with E-state index in [0.717, 1.165) is 36.5 Å². The van der Waals surface area contributed by atoms with Crippen molar-refractivity contribution in [1.82, 2.24) is 5.32 Å². The zero-order valence-corrected chi connectivity index (χ0v) is 10.8. The van der Waals surface area contributed by atoms with E-state index in [4.69, 9.17) is 0 Å². The van der Waals surface area contributed by atoms with Crippen LogP contribution in [0.25, 0.3) is 0 Å². The molecule has 2 N–H and O–H groups in total. The van der Waals surface area contributed by atoms with Crippen molar-refractivity contribution in [2.75, 3.05) is 30.4 Å². The van der Waals surface area contributed by atoms with Gasteiger partial charge in [-0.25, -0.2) is 0 Å². The second-order valence-corrected chi connectivity index (χ2v) is 5.12. The van der Waals surface area contributed by atoms with Crippen LogP contribution in [0, 0.1) is 0 Å². The van der Waals surface area contributed by atoms with Crippen molar-refractivity contribution in [2.45, 2.75) is 12.3 Å². The Kier molecular flexibility index (Phi) is 4.31. The van der Waals surface area contributed by atoms with E-state index >= 15 is 0 Å². The summed E-state index contributed by atoms with van der Waals surface area (Å²) >= 11 is 1.75. The Bertz CT molecular complexity index is 395. The number of thioether (sulfide) groups is 1. The Hall–Kier alpha value is -1.16. The van der Waals surface area contributed by atoms with Gasteiger partial charge in [0.15, 0.2) is 0 Å². The summed E-state index contributed by atoms with van der Waals surface area (Å²) in [6.07, 6.45) is 2.92. The third-order valence-corrected chi connectivity index (χ3v) is 3.62. The van der Waals surface area contributed by atoms with Crippen LogP contribution in [-0.2, 0) is 4.79 Å². The van der Waals surface area contributed by atoms with Gasteiger partial charge < -0.3 is 10.6 Å². The molecule has 1 aromatic rings. The predicted octanol–water partition coefficient (Wildman–Crippen LogP) is 2.06. The Morgan fingerprint density at radius 1 is 1.53 bits per heavy atom. The fourth-order valence-corrected chi connectivity index (χ4v) is 2.45. The quantitative estimate of drug-likeness (QED) is 0.804. The first-order valence-electron chi connectivity index (χ1n) is 5.92. The molecular formula is C13H18N2OS. The molecule has 0 saturated carbocycles. The van der Waals surface area contributed by atoms with Crippen LogP contribution in [0.1, 0.15) is 17.9 Å². The van der Waals surface area contributed by atoms with Crippen molar-refractivity contribution in [3.63, 3.8) is 0 Å². The largest absolute Gasteiger partial charge is 0.385 e. The van der Waals surface area contributed by atoms with Crippen molar-refractivity contribution in [3.8, 4) is 0 Å². The summed E-state index contributed by atoms with van der Waals surface area (Å²) < 4.78 is 0. The molecule has 0 saturated heterocycles. The maximum Gasteiger partial charge on any atom is 0.227 e. The van der Waals surface area contributed by atoms with Crippen LogP contribution >= 0.6 is 11.8 Å². The summed E-state index contributed by atoms with van der Waals surface area (Å²) in [5.41, 5.74) is 2.23. The summed E-state index contributed by atoms with van der Waals surface area (Å²) in [7, 11) is 0. The lowest BCUT2D eigenvalue weighted by molar-refractivity contribution is -0.122. The Balaban J connectivity index is 2.05. The van der Waals surface area contributed by atoms with Crippen LogP contribution in [0.2, 0.25) is 0 Å². The molecule has 1 unspecified atom stereocenters. The van der Waals surface area contributed by atoms with E-state index < -0.39 is 0 Å². The maximum atomic E-state index is 12.1. The van der Waals surface area contributed by atoms with Crippen LogP contribution in [-0.4, -0.2) is 31.0 Å². The topological polar surface area (TPSA) is 41.1 Å². The van der Waals surface area contributed by atoms with Gasteiger partial charge in [-0.1, -0.05) is 18.2 Å². The van der Waals surface area contributed by atoms with Crippen molar-refractivity contribution < 1.29 is 4.79 Å². The zero-order chi connectivity index (χ0) is 12.1. The van der Waals surface area contributed by atoms with Gasteiger partial charge in [0.1, 0.15) is 0 Å². The SMILES string of the molecule is CSCCNC(=O)C1CCNc2ccccc21. The van der Waals surface area contributed by atoms with E-state index in [9.17, 15) is 4.79 Å². The smallest absolute Gasteiger partial charge is 0.227 e. The highest BCUT2D eigenvalue weighted by atomic mass is 32.2. The van der Waals surface area contributed by atoms with E-state index in [2.05, 4.69) is 10.6 Å². The van der Waals surface area contributed by atoms with E-state index in [1.807, 2.05) is 30.5 Å². The van der Waals surface area contributed by atoms with E-state index in [0.29, 0.717) is 0 Å². The highest BCUT2D eigenvalue weighted by Crippen LogP contribution is 2.31. The van der Waals surface area contributed by atoms with Gasteiger partial charge in [0.05, 0.1) is 5.92 Å². The summed E-state index contributed by atoms with van der Waals surface area (Å²) in [6.45, 7) is 1.63. The normalized spacial score (nSPS) is 18.1. The lowest BCUT2D eigenvalue weighted by Gasteiger charge is -2.25. The molecule has 1 atom stereocenters. The number of benzene rings is 1. The lowest BCUT2D eigenvalue weighted by Crippen LogP contribution is -2.34. The van der Waals surface area contributed by atoms with Gasteiger partial charge in [0, 0.05) is 24.5 Å². The van der Waals surface area contributed by atoms with Crippen LogP contribution in [0.15, 0.2) is 24.3 Å². The Morgan fingerprint density at radius 3 is 3.18 bits per heavy atom. The molecule has 3 nitrogen and oxygen atoms in total. The minimum absolute atomic E-state index is 0.00862. The molecule has 17 heavy (non-hydrogen) atoms. The molecular weight excluding hydrogens is 232 g/mol. The standard InChI is InChI=1S/C13H18N2OS/c1-17-9-8-15-13(16)11-6-7-14-12-5-3-2-4-10(11)12/h2-5,11,14H,6-9H2,1H3,(H,15,16). The first-order chi connectivity index (χ1) is 8.33. The third-order valence-electron chi connectivity index (χ3n) is 3.01. The number of carbonyl (C=O) groups is 1. The van der Waals surface area contributed by atoms with Crippen LogP contribution in [0.4, 0.5) is 5.69 Å². The number of amides is 1. The molecule has 0 aliphatic carbocycles. The molecule has 0 radical (unpaired) electrons. The van der Waals surface area contributed by atoms with Gasteiger partial charge in [-0.15, -0.1) is 0 Å². The number of fused-ring (bicyclic) bond motifs is 1. The lowest BCUT2D eigenvalue weighted by atomic mass is 9.90. The summed E-state index contributed by atoms with van der Waals surface area (Å²) in [5.74, 6) is 1.14. The molecule has 0 fully saturated rings. The molecule has 0 bridgehead atoms. The third kappa shape index (κ3) is 2.94. The molecule has 1 amide bonds. The number of nitrogens with one attached hydrogen (secondary N) is 2. The minimum atomic E-state index is 0.00862. The van der Waals surface area contributed by atoms with Crippen molar-refractivity contribution in [1.29, 1.82) is 0 Å². The van der Waals surface area contributed by atoms with Crippen molar-refractivity contribution in [3.05, 3.63) is 29.8 Å². The summed E-state index contributed by atoms with van der Waals surface area (Å²) in [6, 6.07) is 8.07. The molecule has 92 valence electrons. The number of hydrogen-bond donors (Lipinski definition) is 2. The van der Waals surface area contributed by atoms with Crippen LogP contribution in [0.3, 0.4) is 0 Å². The average molecular weight is 250 g/mol. The van der Waals surface area contributed by atoms with Crippen LogP contribution in [0.5, 0.6) is 0 Å². The fraction of sp³-hybridized carbons (Fsp3) is 0.462. The molecule has 0 aromatic heterocycles. The number of rotatable bonds is 4. The van der Waals surface area contributed by atoms with Gasteiger partial charge in [0.25, 0.3) is 0 Å². The van der Waals surface area contributed by atoms with E-state index in [1.54, 1.807) is 11.8 Å². The molecule has 2 rings (SSSR count). The molecule has 1 aliphatic heterocycles. The average Bonchev–Trinajstić information content (AvgIpc) is 2.38. The minimum Gasteiger partial charge on any atom is -0.385 e. The molecule has 1 aliphatic rings. The number of carbonyl (C=O) groups excluding carboxylic acids is 1. The molecule has 4 heteroatoms. The second kappa shape index (κ2) is 5.96. The van der Waals surface area contributed by atoms with Gasteiger partial charge >= 0.3 is 0 Å². The Labute approximate surface area is 106 Å². The molecule has 0 spiro atoms. The van der Waals surface area contributed by atoms with Gasteiger partial charge in [-0.2, -0.15) is 11.8 Å². The second-order valence-electron chi connectivity index (χ2n) is 4.14. The van der Waals surface area contributed by atoms with E-state index in [1.165, 1.54) is 0 Å². The highest BCUT2D eigenvalue weighted by molar-refractivity contribution is 7.98. The van der Waals surface area contributed by atoms with Crippen molar-refractivity contribution in [2.24, 2.45) is 0 Å². The summed E-state index contributed by atoms with van der Waals surface area (Å²) in [5, 5.41) is 6.34. The zero-order valence-electron chi connectivity index (χ0n) is 10.0.